The van der Waals surface area contributed by atoms with E-state index in [0.29, 0.717) is 28.0 Å². The number of hydrogen-bond donors (Lipinski definition) is 5. The molecule has 3 amide bonds. The SMILES string of the molecule is C.O=C(NC1CC2(C1)CC(c1n[nH]c(=O)c3ccccc13)C2)N1CCc2ccccc21.O=C(NC1CC2(C1)CC(c1n[nH]c(=O)c3ccccc13)C2)Oc1ccc([N+](=O)[O-])cc1.c1ccc2c(c1)CCN2. The normalized spacial score (nSPS) is 23.8. The minimum absolute atomic E-state index is 0. The Morgan fingerprint density at radius 3 is 1.70 bits per heavy atom. The molecule has 2 aromatic heterocycles. The number of carbonyl (C=O) groups is 2. The fourth-order valence-corrected chi connectivity index (χ4v) is 12.1. The van der Waals surface area contributed by atoms with Gasteiger partial charge in [-0.2, -0.15) is 10.2 Å². The lowest BCUT2D eigenvalue weighted by atomic mass is 9.49. The van der Waals surface area contributed by atoms with E-state index in [9.17, 15) is 29.3 Å². The quantitative estimate of drug-likeness (QED) is 0.0785. The van der Waals surface area contributed by atoms with Crippen LogP contribution in [0.15, 0.2) is 131 Å². The number of nitro groups is 1. The molecule has 2 aliphatic heterocycles. The highest BCUT2D eigenvalue weighted by Gasteiger charge is 2.55. The van der Waals surface area contributed by atoms with Crippen molar-refractivity contribution in [3.63, 3.8) is 0 Å². The second-order valence-corrected chi connectivity index (χ2v) is 20.0. The molecule has 4 saturated carbocycles. The smallest absolute Gasteiger partial charge is 0.410 e. The van der Waals surface area contributed by atoms with Crippen molar-refractivity contribution in [2.24, 2.45) is 10.8 Å². The van der Waals surface area contributed by atoms with Gasteiger partial charge in [0.25, 0.3) is 16.8 Å². The lowest BCUT2D eigenvalue weighted by Gasteiger charge is -2.57. The summed E-state index contributed by atoms with van der Waals surface area (Å²) < 4.78 is 5.21. The van der Waals surface area contributed by atoms with Gasteiger partial charge in [0.1, 0.15) is 5.75 Å². The number of ether oxygens (including phenoxy) is 1. The number of rotatable bonds is 6. The number of non-ortho nitro benzene ring substituents is 1. The molecule has 71 heavy (non-hydrogen) atoms. The largest absolute Gasteiger partial charge is 0.412 e. The van der Waals surface area contributed by atoms with Gasteiger partial charge in [-0.05, 0) is 123 Å². The number of fused-ring (bicyclic) bond motifs is 4. The van der Waals surface area contributed by atoms with Gasteiger partial charge in [-0.15, -0.1) is 0 Å². The van der Waals surface area contributed by atoms with Gasteiger partial charge >= 0.3 is 12.1 Å². The first kappa shape index (κ1) is 46.8. The number of aromatic nitrogens is 4. The van der Waals surface area contributed by atoms with Gasteiger partial charge in [-0.1, -0.05) is 80.2 Å². The average molecular weight is 956 g/mol. The number of anilines is 2. The number of hydrogen-bond acceptors (Lipinski definition) is 10. The van der Waals surface area contributed by atoms with Gasteiger partial charge in [0.2, 0.25) is 0 Å². The van der Waals surface area contributed by atoms with Gasteiger partial charge in [-0.3, -0.25) is 24.6 Å². The number of aromatic amines is 2. The zero-order valence-corrected chi connectivity index (χ0v) is 38.5. The van der Waals surface area contributed by atoms with E-state index in [1.54, 1.807) is 0 Å². The van der Waals surface area contributed by atoms with Crippen molar-refractivity contribution in [1.82, 2.24) is 31.0 Å². The van der Waals surface area contributed by atoms with Crippen LogP contribution in [0.5, 0.6) is 5.75 Å². The molecule has 5 aromatic carbocycles. The first-order chi connectivity index (χ1) is 34.0. The highest BCUT2D eigenvalue weighted by atomic mass is 16.6. The summed E-state index contributed by atoms with van der Waals surface area (Å²) in [4.78, 5) is 60.9. The molecule has 0 saturated heterocycles. The number of amides is 3. The summed E-state index contributed by atoms with van der Waals surface area (Å²) in [5.74, 6) is 0.945. The molecule has 364 valence electrons. The van der Waals surface area contributed by atoms with Crippen LogP contribution in [0.1, 0.15) is 93.1 Å². The monoisotopic (exact) mass is 955 g/mol. The molecule has 0 atom stereocenters. The van der Waals surface area contributed by atoms with Gasteiger partial charge in [0, 0.05) is 71.3 Å². The fourth-order valence-electron chi connectivity index (χ4n) is 12.1. The van der Waals surface area contributed by atoms with E-state index in [2.05, 4.69) is 66.7 Å². The molecule has 0 radical (unpaired) electrons. The molecule has 7 aromatic rings. The van der Waals surface area contributed by atoms with E-state index in [0.717, 1.165) is 98.7 Å². The van der Waals surface area contributed by atoms with Crippen LogP contribution >= 0.6 is 0 Å². The second kappa shape index (κ2) is 19.1. The molecule has 4 fully saturated rings. The van der Waals surface area contributed by atoms with Crippen molar-refractivity contribution in [2.75, 3.05) is 23.3 Å². The topological polar surface area (TPSA) is 217 Å². The van der Waals surface area contributed by atoms with Gasteiger partial charge in [-0.25, -0.2) is 19.8 Å². The van der Waals surface area contributed by atoms with Crippen molar-refractivity contribution in [2.45, 2.75) is 95.6 Å². The molecule has 4 aliphatic carbocycles. The minimum Gasteiger partial charge on any atom is -0.410 e. The number of urea groups is 1. The van der Waals surface area contributed by atoms with E-state index in [1.807, 2.05) is 71.6 Å². The van der Waals surface area contributed by atoms with Crippen molar-refractivity contribution < 1.29 is 19.2 Å². The molecule has 6 aliphatic rings. The minimum atomic E-state index is -0.558. The number of carbonyl (C=O) groups excluding carboxylic acids is 2. The van der Waals surface area contributed by atoms with Crippen LogP contribution in [0.25, 0.3) is 21.5 Å². The number of nitro benzene ring substituents is 1. The maximum atomic E-state index is 12.8. The maximum Gasteiger partial charge on any atom is 0.412 e. The lowest BCUT2D eigenvalue weighted by Crippen LogP contribution is -2.57. The summed E-state index contributed by atoms with van der Waals surface area (Å²) in [5.41, 5.74) is 7.19. The molecule has 0 bridgehead atoms. The van der Waals surface area contributed by atoms with Crippen LogP contribution in [0.4, 0.5) is 26.7 Å². The van der Waals surface area contributed by atoms with Crippen LogP contribution in [-0.4, -0.2) is 62.6 Å². The predicted octanol–water partition coefficient (Wildman–Crippen LogP) is 9.66. The third-order valence-electron chi connectivity index (χ3n) is 15.4. The summed E-state index contributed by atoms with van der Waals surface area (Å²) in [6.45, 7) is 1.87. The highest BCUT2D eigenvalue weighted by molar-refractivity contribution is 5.94. The molecular formula is C55H57N9O7. The zero-order chi connectivity index (χ0) is 48.0. The third kappa shape index (κ3) is 9.33. The van der Waals surface area contributed by atoms with E-state index in [1.165, 1.54) is 47.5 Å². The zero-order valence-electron chi connectivity index (χ0n) is 38.5. The predicted molar refractivity (Wildman–Crippen MR) is 273 cm³/mol. The number of para-hydroxylation sites is 2. The lowest BCUT2D eigenvalue weighted by molar-refractivity contribution is -0.384. The molecular weight excluding hydrogens is 899 g/mol. The molecule has 5 N–H and O–H groups in total. The number of nitrogens with one attached hydrogen (secondary N) is 5. The molecule has 16 heteroatoms. The first-order valence-electron chi connectivity index (χ1n) is 24.2. The highest BCUT2D eigenvalue weighted by Crippen LogP contribution is 2.63. The Hall–Kier alpha value is -7.88. The summed E-state index contributed by atoms with van der Waals surface area (Å²) in [7, 11) is 0. The maximum absolute atomic E-state index is 12.8. The van der Waals surface area contributed by atoms with Crippen LogP contribution in [0, 0.1) is 20.9 Å². The Kier molecular flexibility index (Phi) is 12.6. The Bertz CT molecular complexity index is 3230. The van der Waals surface area contributed by atoms with E-state index in [-0.39, 0.29) is 53.5 Å². The molecule has 4 heterocycles. The van der Waals surface area contributed by atoms with Crippen LogP contribution in [0.3, 0.4) is 0 Å². The molecule has 13 rings (SSSR count). The average Bonchev–Trinajstić information content (AvgIpc) is 3.99. The number of benzene rings is 5. The van der Waals surface area contributed by atoms with Crippen molar-refractivity contribution in [1.29, 1.82) is 0 Å². The number of nitrogens with zero attached hydrogens (tertiary/aromatic N) is 4. The standard InChI is InChI=1S/C24H24N4O2.C22H20N4O5.C8H9N.CH4/c29-22-19-7-3-2-6-18(19)21(26-27-22)16-11-24(12-16)13-17(14-24)25-23(30)28-10-9-15-5-1-4-8-20(15)28;27-20-18-4-2-1-3-17(18)19(24-25-20)13-9-22(10-13)11-14(12-22)23-21(28)31-16-7-5-15(6-8-16)26(29)30;1-2-4-8-7(3-1)5-6-9-8;/h1-8,16-17H,9-14H2,(H,25,30)(H,27,29);1-8,13-14H,9-12H2,(H,23,28)(H,25,27);1-4,9H,5-6H2;1H4. The van der Waals surface area contributed by atoms with Crippen molar-refractivity contribution in [3.8, 4) is 5.75 Å². The summed E-state index contributed by atoms with van der Waals surface area (Å²) in [6.07, 6.45) is 9.49. The first-order valence-corrected chi connectivity index (χ1v) is 24.2. The molecule has 2 spiro atoms. The van der Waals surface area contributed by atoms with Gasteiger partial charge < -0.3 is 20.7 Å². The Labute approximate surface area is 409 Å². The summed E-state index contributed by atoms with van der Waals surface area (Å²) >= 11 is 0. The van der Waals surface area contributed by atoms with Crippen LogP contribution < -0.4 is 36.7 Å². The Morgan fingerprint density at radius 2 is 1.14 bits per heavy atom. The third-order valence-corrected chi connectivity index (χ3v) is 15.4. The fraction of sp³-hybridized carbons (Fsp3) is 0.345. The second-order valence-electron chi connectivity index (χ2n) is 20.0. The Morgan fingerprint density at radius 1 is 0.634 bits per heavy atom. The summed E-state index contributed by atoms with van der Waals surface area (Å²) in [6, 6.07) is 37.6. The van der Waals surface area contributed by atoms with E-state index >= 15 is 0 Å². The van der Waals surface area contributed by atoms with Crippen molar-refractivity contribution >= 4 is 50.7 Å². The Balaban J connectivity index is 0.000000137. The summed E-state index contributed by atoms with van der Waals surface area (Å²) in [5, 5.41) is 37.3. The van der Waals surface area contributed by atoms with Crippen LogP contribution in [-0.2, 0) is 12.8 Å². The van der Waals surface area contributed by atoms with E-state index in [4.69, 9.17) is 4.74 Å². The molecule has 0 unspecified atom stereocenters. The van der Waals surface area contributed by atoms with Gasteiger partial charge in [0.05, 0.1) is 27.1 Å². The molecule has 16 nitrogen and oxygen atoms in total. The van der Waals surface area contributed by atoms with Gasteiger partial charge in [0.15, 0.2) is 0 Å². The van der Waals surface area contributed by atoms with Crippen molar-refractivity contribution in [3.05, 3.63) is 175 Å². The number of H-pyrrole nitrogens is 2. The van der Waals surface area contributed by atoms with Crippen LogP contribution in [0.2, 0.25) is 0 Å². The van der Waals surface area contributed by atoms with E-state index < -0.39 is 11.0 Å².